The smallest absolute Gasteiger partial charge is 0.357 e. The van der Waals surface area contributed by atoms with Crippen molar-refractivity contribution in [3.05, 3.63) is 35.9 Å². The fraction of sp³-hybridized carbons (Fsp3) is 0.632. The van der Waals surface area contributed by atoms with Gasteiger partial charge in [-0.15, -0.1) is 24.0 Å². The van der Waals surface area contributed by atoms with Crippen molar-refractivity contribution in [3.63, 3.8) is 0 Å². The van der Waals surface area contributed by atoms with Crippen LogP contribution in [0.5, 0.6) is 0 Å². The van der Waals surface area contributed by atoms with Crippen LogP contribution in [-0.2, 0) is 15.4 Å². The molecule has 11 heteroatoms. The highest BCUT2D eigenvalue weighted by Crippen LogP contribution is 2.48. The van der Waals surface area contributed by atoms with Gasteiger partial charge in [0.05, 0.1) is 6.54 Å². The first-order valence-corrected chi connectivity index (χ1v) is 11.3. The number of hydrogen-bond acceptors (Lipinski definition) is 3. The van der Waals surface area contributed by atoms with Crippen LogP contribution in [-0.4, -0.2) is 56.4 Å². The summed E-state index contributed by atoms with van der Waals surface area (Å²) in [6.45, 7) is 2.92. The maximum Gasteiger partial charge on any atom is 0.511 e. The van der Waals surface area contributed by atoms with Gasteiger partial charge >= 0.3 is 15.5 Å². The van der Waals surface area contributed by atoms with Crippen LogP contribution in [0.25, 0.3) is 0 Å². The van der Waals surface area contributed by atoms with Crippen LogP contribution in [0.1, 0.15) is 38.2 Å². The van der Waals surface area contributed by atoms with E-state index in [1.54, 1.807) is 0 Å². The van der Waals surface area contributed by atoms with Crippen molar-refractivity contribution < 1.29 is 21.6 Å². The summed E-state index contributed by atoms with van der Waals surface area (Å²) in [5.41, 5.74) is -3.92. The predicted molar refractivity (Wildman–Crippen MR) is 121 cm³/mol. The fourth-order valence-electron chi connectivity index (χ4n) is 3.61. The van der Waals surface area contributed by atoms with Gasteiger partial charge < -0.3 is 10.6 Å². The van der Waals surface area contributed by atoms with Gasteiger partial charge in [0.2, 0.25) is 0 Å². The second kappa shape index (κ2) is 10.0. The fourth-order valence-corrected chi connectivity index (χ4v) is 4.60. The van der Waals surface area contributed by atoms with Gasteiger partial charge in [-0.3, -0.25) is 4.99 Å². The van der Waals surface area contributed by atoms with Gasteiger partial charge in [0.1, 0.15) is 0 Å². The van der Waals surface area contributed by atoms with Crippen molar-refractivity contribution >= 4 is 40.0 Å². The zero-order valence-electron chi connectivity index (χ0n) is 16.8. The van der Waals surface area contributed by atoms with Gasteiger partial charge in [-0.25, -0.2) is 8.42 Å². The lowest BCUT2D eigenvalue weighted by Gasteiger charge is -2.32. The van der Waals surface area contributed by atoms with Gasteiger partial charge in [0, 0.05) is 31.1 Å². The molecule has 170 valence electrons. The van der Waals surface area contributed by atoms with Gasteiger partial charge in [-0.2, -0.15) is 17.5 Å². The highest BCUT2D eigenvalue weighted by atomic mass is 127. The van der Waals surface area contributed by atoms with E-state index < -0.39 is 15.5 Å². The molecular weight excluding hydrogens is 532 g/mol. The lowest BCUT2D eigenvalue weighted by molar-refractivity contribution is -0.0494. The van der Waals surface area contributed by atoms with E-state index >= 15 is 0 Å². The van der Waals surface area contributed by atoms with Crippen LogP contribution in [0.3, 0.4) is 0 Å². The molecule has 0 radical (unpaired) electrons. The average molecular weight is 560 g/mol. The predicted octanol–water partition coefficient (Wildman–Crippen LogP) is 3.21. The number of piperidine rings is 1. The molecule has 1 heterocycles. The van der Waals surface area contributed by atoms with E-state index in [-0.39, 0.29) is 48.5 Å². The molecule has 0 aromatic heterocycles. The van der Waals surface area contributed by atoms with Crippen LogP contribution >= 0.6 is 24.0 Å². The van der Waals surface area contributed by atoms with Crippen LogP contribution < -0.4 is 10.6 Å². The number of aliphatic imine (C=N–C) groups is 1. The summed E-state index contributed by atoms with van der Waals surface area (Å²) in [5, 5.41) is 6.43. The molecule has 6 nitrogen and oxygen atoms in total. The van der Waals surface area contributed by atoms with Gasteiger partial charge in [-0.1, -0.05) is 30.3 Å². The topological polar surface area (TPSA) is 73.8 Å². The first-order valence-electron chi connectivity index (χ1n) is 9.85. The number of guanidine groups is 1. The zero-order valence-corrected chi connectivity index (χ0v) is 19.9. The first-order chi connectivity index (χ1) is 13.7. The number of nitrogens with one attached hydrogen (secondary N) is 2. The molecule has 1 aliphatic carbocycles. The first kappa shape index (κ1) is 25.2. The minimum absolute atomic E-state index is 0. The van der Waals surface area contributed by atoms with E-state index in [0.29, 0.717) is 36.2 Å². The molecule has 30 heavy (non-hydrogen) atoms. The van der Waals surface area contributed by atoms with E-state index in [0.717, 1.165) is 12.8 Å². The second-order valence-electron chi connectivity index (χ2n) is 7.61. The molecule has 0 atom stereocenters. The molecule has 1 aromatic carbocycles. The third-order valence-electron chi connectivity index (χ3n) is 5.55. The molecule has 2 fully saturated rings. The quantitative estimate of drug-likeness (QED) is 0.319. The summed E-state index contributed by atoms with van der Waals surface area (Å²) in [4.78, 5) is 4.71. The SMILES string of the molecule is CCNC(=NCC1(c2ccccc2)CC1)NC1CCN(S(=O)(=O)C(F)(F)F)CC1.I. The average Bonchev–Trinajstić information content (AvgIpc) is 3.48. The number of nitrogens with zero attached hydrogens (tertiary/aromatic N) is 2. The normalized spacial score (nSPS) is 20.3. The molecule has 1 saturated heterocycles. The highest BCUT2D eigenvalue weighted by molar-refractivity contribution is 14.0. The molecule has 0 spiro atoms. The number of halogens is 4. The summed E-state index contributed by atoms with van der Waals surface area (Å²) in [6.07, 6.45) is 2.74. The molecule has 0 amide bonds. The Hall–Kier alpha value is -1.08. The monoisotopic (exact) mass is 560 g/mol. The molecule has 1 aliphatic heterocycles. The van der Waals surface area contributed by atoms with E-state index in [9.17, 15) is 21.6 Å². The van der Waals surface area contributed by atoms with Crippen molar-refractivity contribution in [2.75, 3.05) is 26.2 Å². The van der Waals surface area contributed by atoms with Crippen molar-refractivity contribution in [2.24, 2.45) is 4.99 Å². The van der Waals surface area contributed by atoms with Crippen molar-refractivity contribution in [3.8, 4) is 0 Å². The molecule has 2 N–H and O–H groups in total. The Kier molecular flexibility index (Phi) is 8.42. The highest BCUT2D eigenvalue weighted by Gasteiger charge is 2.50. The number of sulfonamides is 1. The Morgan fingerprint density at radius 2 is 1.80 bits per heavy atom. The summed E-state index contributed by atoms with van der Waals surface area (Å²) in [6, 6.07) is 10.1. The summed E-state index contributed by atoms with van der Waals surface area (Å²) in [7, 11) is -5.25. The third-order valence-corrected chi connectivity index (χ3v) is 7.18. The zero-order chi connectivity index (χ0) is 21.1. The lowest BCUT2D eigenvalue weighted by Crippen LogP contribution is -2.51. The summed E-state index contributed by atoms with van der Waals surface area (Å²) in [5.74, 6) is 0.617. The Bertz CT molecular complexity index is 822. The number of alkyl halides is 3. The molecule has 0 unspecified atom stereocenters. The van der Waals surface area contributed by atoms with Crippen molar-refractivity contribution in [1.82, 2.24) is 14.9 Å². The van der Waals surface area contributed by atoms with Crippen LogP contribution in [0.2, 0.25) is 0 Å². The van der Waals surface area contributed by atoms with E-state index in [1.165, 1.54) is 5.56 Å². The molecule has 1 saturated carbocycles. The number of hydrogen-bond donors (Lipinski definition) is 2. The minimum atomic E-state index is -5.25. The summed E-state index contributed by atoms with van der Waals surface area (Å²) < 4.78 is 61.7. The Morgan fingerprint density at radius 3 is 2.30 bits per heavy atom. The lowest BCUT2D eigenvalue weighted by atomic mass is 9.96. The standard InChI is InChI=1S/C19H27F3N4O2S.HI/c1-2-23-17(24-14-18(10-11-18)15-6-4-3-5-7-15)25-16-8-12-26(13-9-16)29(27,28)19(20,21)22;/h3-7,16H,2,8-14H2,1H3,(H2,23,24,25);1H. The van der Waals surface area contributed by atoms with Crippen molar-refractivity contribution in [1.29, 1.82) is 0 Å². The maximum atomic E-state index is 12.7. The largest absolute Gasteiger partial charge is 0.511 e. The van der Waals surface area contributed by atoms with E-state index in [1.807, 2.05) is 25.1 Å². The van der Waals surface area contributed by atoms with Gasteiger partial charge in [0.15, 0.2) is 5.96 Å². The Labute approximate surface area is 192 Å². The second-order valence-corrected chi connectivity index (χ2v) is 9.54. The van der Waals surface area contributed by atoms with Crippen LogP contribution in [0, 0.1) is 0 Å². The van der Waals surface area contributed by atoms with E-state index in [2.05, 4.69) is 22.8 Å². The third kappa shape index (κ3) is 5.78. The minimum Gasteiger partial charge on any atom is -0.357 e. The maximum absolute atomic E-state index is 12.7. The summed E-state index contributed by atoms with van der Waals surface area (Å²) >= 11 is 0. The van der Waals surface area contributed by atoms with E-state index in [4.69, 9.17) is 4.99 Å². The van der Waals surface area contributed by atoms with Gasteiger partial charge in [-0.05, 0) is 38.2 Å². The van der Waals surface area contributed by atoms with Crippen LogP contribution in [0.4, 0.5) is 13.2 Å². The van der Waals surface area contributed by atoms with Crippen molar-refractivity contribution in [2.45, 2.75) is 49.6 Å². The van der Waals surface area contributed by atoms with Gasteiger partial charge in [0.25, 0.3) is 0 Å². The molecule has 3 rings (SSSR count). The Morgan fingerprint density at radius 1 is 1.20 bits per heavy atom. The molecule has 1 aromatic rings. The number of rotatable bonds is 6. The Balaban J connectivity index is 0.00000320. The molecular formula is C19H28F3IN4O2S. The van der Waals surface area contributed by atoms with Crippen LogP contribution in [0.15, 0.2) is 35.3 Å². The molecule has 2 aliphatic rings. The molecule has 0 bridgehead atoms. The number of benzene rings is 1.